The van der Waals surface area contributed by atoms with Gasteiger partial charge in [-0.25, -0.2) is 4.98 Å². The second kappa shape index (κ2) is 5.96. The first kappa shape index (κ1) is 12.3. The minimum absolute atomic E-state index is 0.650. The van der Waals surface area contributed by atoms with Crippen molar-refractivity contribution in [3.05, 3.63) is 17.6 Å². The van der Waals surface area contributed by atoms with Crippen LogP contribution >= 0.6 is 0 Å². The summed E-state index contributed by atoms with van der Waals surface area (Å²) in [4.78, 5) is 8.60. The Balaban J connectivity index is 1.75. The van der Waals surface area contributed by atoms with Crippen LogP contribution in [0.15, 0.2) is 6.20 Å². The molecule has 1 fully saturated rings. The molecule has 0 saturated carbocycles. The fourth-order valence-electron chi connectivity index (χ4n) is 2.09. The molecular formula is C13H21N3O. The second-order valence-electron chi connectivity index (χ2n) is 4.73. The van der Waals surface area contributed by atoms with Crippen molar-refractivity contribution < 1.29 is 4.74 Å². The van der Waals surface area contributed by atoms with E-state index in [2.05, 4.69) is 15.3 Å². The van der Waals surface area contributed by atoms with Gasteiger partial charge in [-0.1, -0.05) is 0 Å². The zero-order valence-corrected chi connectivity index (χ0v) is 10.7. The van der Waals surface area contributed by atoms with Gasteiger partial charge in [0, 0.05) is 0 Å². The van der Waals surface area contributed by atoms with Crippen LogP contribution in [0.25, 0.3) is 0 Å². The van der Waals surface area contributed by atoms with Crippen LogP contribution in [-0.2, 0) is 0 Å². The highest BCUT2D eigenvalue weighted by Crippen LogP contribution is 2.15. The van der Waals surface area contributed by atoms with Crippen LogP contribution in [-0.4, -0.2) is 29.7 Å². The maximum absolute atomic E-state index is 5.64. The summed E-state index contributed by atoms with van der Waals surface area (Å²) in [5, 5.41) is 3.42. The Morgan fingerprint density at radius 3 is 3.00 bits per heavy atom. The molecule has 4 nitrogen and oxygen atoms in total. The summed E-state index contributed by atoms with van der Waals surface area (Å²) in [5.41, 5.74) is 1.91. The molecule has 2 heterocycles. The smallest absolute Gasteiger partial charge is 0.232 e. The third-order valence-corrected chi connectivity index (χ3v) is 3.35. The minimum Gasteiger partial charge on any atom is -0.477 e. The molecule has 0 radical (unpaired) electrons. The van der Waals surface area contributed by atoms with Gasteiger partial charge in [0.2, 0.25) is 5.88 Å². The van der Waals surface area contributed by atoms with Gasteiger partial charge in [0.25, 0.3) is 0 Å². The van der Waals surface area contributed by atoms with E-state index >= 15 is 0 Å². The molecule has 1 aliphatic heterocycles. The van der Waals surface area contributed by atoms with E-state index in [9.17, 15) is 0 Å². The maximum Gasteiger partial charge on any atom is 0.232 e. The number of nitrogens with zero attached hydrogens (tertiary/aromatic N) is 2. The highest BCUT2D eigenvalue weighted by molar-refractivity contribution is 5.14. The van der Waals surface area contributed by atoms with Gasteiger partial charge in [0.05, 0.1) is 24.2 Å². The fraction of sp³-hybridized carbons (Fsp3) is 0.692. The van der Waals surface area contributed by atoms with Gasteiger partial charge in [-0.2, -0.15) is 0 Å². The van der Waals surface area contributed by atoms with Crippen LogP contribution in [0.3, 0.4) is 0 Å². The molecule has 0 aliphatic carbocycles. The zero-order valence-electron chi connectivity index (χ0n) is 10.7. The quantitative estimate of drug-likeness (QED) is 0.865. The van der Waals surface area contributed by atoms with Crippen molar-refractivity contribution >= 4 is 0 Å². The lowest BCUT2D eigenvalue weighted by Gasteiger charge is -2.22. The molecule has 1 aliphatic rings. The summed E-state index contributed by atoms with van der Waals surface area (Å²) < 4.78 is 5.64. The minimum atomic E-state index is 0.650. The van der Waals surface area contributed by atoms with Crippen LogP contribution in [0, 0.1) is 19.8 Å². The zero-order chi connectivity index (χ0) is 12.1. The summed E-state index contributed by atoms with van der Waals surface area (Å²) in [6.07, 6.45) is 5.41. The molecule has 0 spiro atoms. The van der Waals surface area contributed by atoms with Crippen LogP contribution in [0.5, 0.6) is 5.88 Å². The number of aryl methyl sites for hydroxylation is 2. The largest absolute Gasteiger partial charge is 0.477 e. The van der Waals surface area contributed by atoms with E-state index in [0.29, 0.717) is 5.88 Å². The van der Waals surface area contributed by atoms with Crippen LogP contribution in [0.1, 0.15) is 30.7 Å². The van der Waals surface area contributed by atoms with Crippen molar-refractivity contribution in [3.63, 3.8) is 0 Å². The number of piperidine rings is 1. The third kappa shape index (κ3) is 3.66. The number of hydrogen-bond acceptors (Lipinski definition) is 4. The lowest BCUT2D eigenvalue weighted by atomic mass is 9.97. The van der Waals surface area contributed by atoms with Crippen molar-refractivity contribution in [2.75, 3.05) is 19.7 Å². The van der Waals surface area contributed by atoms with Gasteiger partial charge in [0.1, 0.15) is 0 Å². The summed E-state index contributed by atoms with van der Waals surface area (Å²) in [5.74, 6) is 1.40. The van der Waals surface area contributed by atoms with E-state index in [4.69, 9.17) is 4.74 Å². The Hall–Kier alpha value is -1.16. The van der Waals surface area contributed by atoms with Gasteiger partial charge >= 0.3 is 0 Å². The Bertz CT molecular complexity index is 362. The molecule has 2 rings (SSSR count). The lowest BCUT2D eigenvalue weighted by Crippen LogP contribution is -2.30. The van der Waals surface area contributed by atoms with Crippen LogP contribution in [0.2, 0.25) is 0 Å². The number of nitrogens with one attached hydrogen (secondary N) is 1. The molecule has 1 aromatic heterocycles. The highest BCUT2D eigenvalue weighted by Gasteiger charge is 2.12. The Kier molecular flexibility index (Phi) is 4.31. The van der Waals surface area contributed by atoms with E-state index in [0.717, 1.165) is 36.9 Å². The van der Waals surface area contributed by atoms with Crippen molar-refractivity contribution in [2.45, 2.75) is 33.1 Å². The molecule has 1 aromatic rings. The van der Waals surface area contributed by atoms with E-state index in [1.54, 1.807) is 6.20 Å². The van der Waals surface area contributed by atoms with Gasteiger partial charge < -0.3 is 10.1 Å². The SMILES string of the molecule is Cc1ncc(OCCC2CCCNC2)nc1C. The molecule has 0 aromatic carbocycles. The molecule has 0 bridgehead atoms. The molecule has 1 unspecified atom stereocenters. The number of rotatable bonds is 4. The van der Waals surface area contributed by atoms with Crippen molar-refractivity contribution in [2.24, 2.45) is 5.92 Å². The number of ether oxygens (including phenoxy) is 1. The van der Waals surface area contributed by atoms with E-state index in [1.165, 1.54) is 19.4 Å². The topological polar surface area (TPSA) is 47.0 Å². The van der Waals surface area contributed by atoms with Gasteiger partial charge in [-0.05, 0) is 52.1 Å². The monoisotopic (exact) mass is 235 g/mol. The van der Waals surface area contributed by atoms with Crippen LogP contribution in [0.4, 0.5) is 0 Å². The first-order chi connectivity index (χ1) is 8.25. The molecule has 1 N–H and O–H groups in total. The summed E-state index contributed by atoms with van der Waals surface area (Å²) in [6.45, 7) is 6.95. The Labute approximate surface area is 103 Å². The van der Waals surface area contributed by atoms with E-state index in [-0.39, 0.29) is 0 Å². The predicted molar refractivity (Wildman–Crippen MR) is 67.2 cm³/mol. The average molecular weight is 235 g/mol. The van der Waals surface area contributed by atoms with Gasteiger partial charge in [-0.15, -0.1) is 0 Å². The molecule has 17 heavy (non-hydrogen) atoms. The summed E-state index contributed by atoms with van der Waals surface area (Å²) in [7, 11) is 0. The maximum atomic E-state index is 5.64. The van der Waals surface area contributed by atoms with Gasteiger partial charge in [-0.3, -0.25) is 4.98 Å². The summed E-state index contributed by atoms with van der Waals surface area (Å²) >= 11 is 0. The fourth-order valence-corrected chi connectivity index (χ4v) is 2.09. The number of hydrogen-bond donors (Lipinski definition) is 1. The first-order valence-corrected chi connectivity index (χ1v) is 6.39. The van der Waals surface area contributed by atoms with Gasteiger partial charge in [0.15, 0.2) is 0 Å². The molecule has 94 valence electrons. The Morgan fingerprint density at radius 2 is 2.29 bits per heavy atom. The Morgan fingerprint density at radius 1 is 1.41 bits per heavy atom. The highest BCUT2D eigenvalue weighted by atomic mass is 16.5. The molecular weight excluding hydrogens is 214 g/mol. The standard InChI is InChI=1S/C13H21N3O/c1-10-11(2)16-13(9-15-10)17-7-5-12-4-3-6-14-8-12/h9,12,14H,3-8H2,1-2H3. The third-order valence-electron chi connectivity index (χ3n) is 3.35. The van der Waals surface area contributed by atoms with Crippen molar-refractivity contribution in [1.29, 1.82) is 0 Å². The average Bonchev–Trinajstić information content (AvgIpc) is 2.35. The van der Waals surface area contributed by atoms with E-state index in [1.807, 2.05) is 13.8 Å². The predicted octanol–water partition coefficient (Wildman–Crippen LogP) is 1.86. The molecule has 1 saturated heterocycles. The first-order valence-electron chi connectivity index (χ1n) is 6.39. The number of aromatic nitrogens is 2. The second-order valence-corrected chi connectivity index (χ2v) is 4.73. The van der Waals surface area contributed by atoms with E-state index < -0.39 is 0 Å². The summed E-state index contributed by atoms with van der Waals surface area (Å²) in [6, 6.07) is 0. The lowest BCUT2D eigenvalue weighted by molar-refractivity contribution is 0.246. The van der Waals surface area contributed by atoms with Crippen LogP contribution < -0.4 is 10.1 Å². The molecule has 4 heteroatoms. The van der Waals surface area contributed by atoms with Crippen molar-refractivity contribution in [1.82, 2.24) is 15.3 Å². The normalized spacial score (nSPS) is 20.2. The molecule has 1 atom stereocenters. The molecule has 0 amide bonds. The van der Waals surface area contributed by atoms with Crippen molar-refractivity contribution in [3.8, 4) is 5.88 Å².